The molecule has 1 aliphatic heterocycles. The van der Waals surface area contributed by atoms with Crippen LogP contribution in [-0.2, 0) is 17.8 Å². The normalized spacial score (nSPS) is 15.5. The maximum Gasteiger partial charge on any atom is 0.230 e. The zero-order valence-corrected chi connectivity index (χ0v) is 15.8. The molecule has 0 spiro atoms. The fourth-order valence-electron chi connectivity index (χ4n) is 3.21. The lowest BCUT2D eigenvalue weighted by Gasteiger charge is -2.22. The minimum absolute atomic E-state index is 0.0322. The minimum atomic E-state index is 0.0322. The maximum atomic E-state index is 12.5. The molecule has 2 aromatic rings. The van der Waals surface area contributed by atoms with Crippen molar-refractivity contribution in [3.05, 3.63) is 41.7 Å². The van der Waals surface area contributed by atoms with E-state index in [0.29, 0.717) is 11.7 Å². The zero-order chi connectivity index (χ0) is 17.6. The van der Waals surface area contributed by atoms with Crippen LogP contribution in [0.25, 0.3) is 0 Å². The summed E-state index contributed by atoms with van der Waals surface area (Å²) in [6, 6.07) is 10.2. The number of nitrogens with one attached hydrogen (secondary N) is 1. The topological polar surface area (TPSA) is 59.8 Å². The quantitative estimate of drug-likeness (QED) is 0.802. The van der Waals surface area contributed by atoms with Gasteiger partial charge >= 0.3 is 0 Å². The Kier molecular flexibility index (Phi) is 6.13. The molecule has 6 heteroatoms. The van der Waals surface area contributed by atoms with Gasteiger partial charge in [-0.15, -0.1) is 10.2 Å². The molecule has 134 valence electrons. The van der Waals surface area contributed by atoms with Crippen LogP contribution in [-0.4, -0.2) is 26.4 Å². The highest BCUT2D eigenvalue weighted by atomic mass is 32.2. The van der Waals surface area contributed by atoms with Crippen LogP contribution < -0.4 is 5.32 Å². The van der Waals surface area contributed by atoms with Gasteiger partial charge in [0.1, 0.15) is 5.82 Å². The third kappa shape index (κ3) is 4.63. The van der Waals surface area contributed by atoms with Crippen molar-refractivity contribution in [3.63, 3.8) is 0 Å². The highest BCUT2D eigenvalue weighted by Gasteiger charge is 2.20. The Morgan fingerprint density at radius 2 is 2.00 bits per heavy atom. The molecule has 1 unspecified atom stereocenters. The van der Waals surface area contributed by atoms with Crippen LogP contribution in [0.1, 0.15) is 50.5 Å². The van der Waals surface area contributed by atoms with Crippen LogP contribution in [0, 0.1) is 5.92 Å². The Balaban J connectivity index is 1.60. The lowest BCUT2D eigenvalue weighted by atomic mass is 9.96. The standard InChI is InChI=1S/C19H26N4OS/c1-14(2)18(15-9-5-3-6-10-15)20-17(24)13-25-19-22-21-16-11-7-4-8-12-23(16)19/h3,5-6,9-10,14,18H,4,7-8,11-13H2,1-2H3,(H,20,24). The number of thioether (sulfide) groups is 1. The molecule has 1 atom stereocenters. The van der Waals surface area contributed by atoms with E-state index in [1.54, 1.807) is 0 Å². The van der Waals surface area contributed by atoms with Gasteiger partial charge in [0.25, 0.3) is 0 Å². The van der Waals surface area contributed by atoms with E-state index >= 15 is 0 Å². The first-order valence-corrected chi connectivity index (χ1v) is 10.0. The monoisotopic (exact) mass is 358 g/mol. The first-order chi connectivity index (χ1) is 12.1. The average molecular weight is 359 g/mol. The van der Waals surface area contributed by atoms with Gasteiger partial charge in [0.05, 0.1) is 11.8 Å². The first kappa shape index (κ1) is 18.0. The molecular weight excluding hydrogens is 332 g/mol. The number of carbonyl (C=O) groups excluding carboxylic acids is 1. The predicted octanol–water partition coefficient (Wildman–Crippen LogP) is 3.61. The Hall–Kier alpha value is -1.82. The second-order valence-corrected chi connectivity index (χ2v) is 7.79. The van der Waals surface area contributed by atoms with Gasteiger partial charge in [-0.05, 0) is 24.3 Å². The van der Waals surface area contributed by atoms with E-state index in [1.807, 2.05) is 18.2 Å². The molecule has 0 bridgehead atoms. The second-order valence-electron chi connectivity index (χ2n) is 6.85. The fraction of sp³-hybridized carbons (Fsp3) is 0.526. The average Bonchev–Trinajstić information content (AvgIpc) is 2.85. The number of benzene rings is 1. The van der Waals surface area contributed by atoms with Crippen molar-refractivity contribution in [2.45, 2.75) is 57.3 Å². The van der Waals surface area contributed by atoms with Crippen LogP contribution in [0.4, 0.5) is 0 Å². The van der Waals surface area contributed by atoms with Crippen LogP contribution in [0.15, 0.2) is 35.5 Å². The van der Waals surface area contributed by atoms with E-state index in [-0.39, 0.29) is 11.9 Å². The van der Waals surface area contributed by atoms with E-state index < -0.39 is 0 Å². The van der Waals surface area contributed by atoms with E-state index in [4.69, 9.17) is 0 Å². The molecule has 0 fully saturated rings. The lowest BCUT2D eigenvalue weighted by molar-refractivity contribution is -0.119. The third-order valence-corrected chi connectivity index (χ3v) is 5.52. The summed E-state index contributed by atoms with van der Waals surface area (Å²) in [6.45, 7) is 5.22. The summed E-state index contributed by atoms with van der Waals surface area (Å²) < 4.78 is 2.18. The Morgan fingerprint density at radius 3 is 2.76 bits per heavy atom. The highest BCUT2D eigenvalue weighted by Crippen LogP contribution is 2.24. The molecule has 0 saturated heterocycles. The molecule has 1 N–H and O–H groups in total. The number of rotatable bonds is 6. The molecular formula is C19H26N4OS. The summed E-state index contributed by atoms with van der Waals surface area (Å²) in [5.41, 5.74) is 1.15. The molecule has 0 saturated carbocycles. The molecule has 25 heavy (non-hydrogen) atoms. The summed E-state index contributed by atoms with van der Waals surface area (Å²) in [5.74, 6) is 1.80. The van der Waals surface area contributed by atoms with Crippen LogP contribution in [0.3, 0.4) is 0 Å². The summed E-state index contributed by atoms with van der Waals surface area (Å²) in [4.78, 5) is 12.5. The van der Waals surface area contributed by atoms with Crippen molar-refractivity contribution in [2.24, 2.45) is 5.92 Å². The Morgan fingerprint density at radius 1 is 1.20 bits per heavy atom. The molecule has 3 rings (SSSR count). The van der Waals surface area contributed by atoms with Crippen molar-refractivity contribution in [1.82, 2.24) is 20.1 Å². The number of hydrogen-bond donors (Lipinski definition) is 1. The summed E-state index contributed by atoms with van der Waals surface area (Å²) in [5, 5.41) is 12.6. The first-order valence-electron chi connectivity index (χ1n) is 9.04. The molecule has 0 radical (unpaired) electrons. The number of hydrogen-bond acceptors (Lipinski definition) is 4. The van der Waals surface area contributed by atoms with E-state index in [2.05, 4.69) is 46.1 Å². The van der Waals surface area contributed by atoms with Gasteiger partial charge in [0.15, 0.2) is 5.16 Å². The number of carbonyl (C=O) groups is 1. The van der Waals surface area contributed by atoms with Gasteiger partial charge in [0.2, 0.25) is 5.91 Å². The molecule has 1 aliphatic rings. The van der Waals surface area contributed by atoms with Gasteiger partial charge in [-0.3, -0.25) is 4.79 Å². The van der Waals surface area contributed by atoms with Crippen molar-refractivity contribution in [1.29, 1.82) is 0 Å². The van der Waals surface area contributed by atoms with Crippen molar-refractivity contribution in [3.8, 4) is 0 Å². The number of amides is 1. The summed E-state index contributed by atoms with van der Waals surface area (Å²) >= 11 is 1.49. The van der Waals surface area contributed by atoms with Gasteiger partial charge in [-0.25, -0.2) is 0 Å². The van der Waals surface area contributed by atoms with Crippen LogP contribution in [0.2, 0.25) is 0 Å². The van der Waals surface area contributed by atoms with E-state index in [0.717, 1.165) is 35.9 Å². The highest BCUT2D eigenvalue weighted by molar-refractivity contribution is 7.99. The van der Waals surface area contributed by atoms with Crippen molar-refractivity contribution < 1.29 is 4.79 Å². The molecule has 0 aliphatic carbocycles. The molecule has 1 amide bonds. The Labute approximate surface area is 153 Å². The lowest BCUT2D eigenvalue weighted by Crippen LogP contribution is -2.33. The smallest absolute Gasteiger partial charge is 0.230 e. The Bertz CT molecular complexity index is 699. The number of aryl methyl sites for hydroxylation is 1. The summed E-state index contributed by atoms with van der Waals surface area (Å²) in [6.07, 6.45) is 4.56. The van der Waals surface area contributed by atoms with Crippen LogP contribution >= 0.6 is 11.8 Å². The second kappa shape index (κ2) is 8.52. The van der Waals surface area contributed by atoms with E-state index in [1.165, 1.54) is 24.6 Å². The zero-order valence-electron chi connectivity index (χ0n) is 14.9. The van der Waals surface area contributed by atoms with Crippen molar-refractivity contribution in [2.75, 3.05) is 5.75 Å². The van der Waals surface area contributed by atoms with E-state index in [9.17, 15) is 4.79 Å². The fourth-order valence-corrected chi connectivity index (χ4v) is 4.00. The van der Waals surface area contributed by atoms with Gasteiger partial charge < -0.3 is 9.88 Å². The summed E-state index contributed by atoms with van der Waals surface area (Å²) in [7, 11) is 0. The minimum Gasteiger partial charge on any atom is -0.348 e. The molecule has 1 aromatic heterocycles. The molecule has 2 heterocycles. The van der Waals surface area contributed by atoms with Crippen molar-refractivity contribution >= 4 is 17.7 Å². The van der Waals surface area contributed by atoms with Gasteiger partial charge in [-0.1, -0.05) is 62.4 Å². The van der Waals surface area contributed by atoms with Gasteiger partial charge in [-0.2, -0.15) is 0 Å². The van der Waals surface area contributed by atoms with Gasteiger partial charge in [0, 0.05) is 13.0 Å². The SMILES string of the molecule is CC(C)C(NC(=O)CSc1nnc2n1CCCCC2)c1ccccc1. The van der Waals surface area contributed by atoms with Crippen LogP contribution in [0.5, 0.6) is 0 Å². The molecule has 5 nitrogen and oxygen atoms in total. The number of aromatic nitrogens is 3. The largest absolute Gasteiger partial charge is 0.348 e. The molecule has 1 aromatic carbocycles. The maximum absolute atomic E-state index is 12.5. The predicted molar refractivity (Wildman–Crippen MR) is 100 cm³/mol. The number of nitrogens with zero attached hydrogens (tertiary/aromatic N) is 3. The third-order valence-electron chi connectivity index (χ3n) is 4.55. The number of fused-ring (bicyclic) bond motifs is 1.